The van der Waals surface area contributed by atoms with Gasteiger partial charge in [-0.1, -0.05) is 65.2 Å². The Labute approximate surface area is 103 Å². The second-order valence-corrected chi connectivity index (χ2v) is 4.31. The number of halogens is 1. The molecule has 0 N–H and O–H groups in total. The van der Waals surface area contributed by atoms with Crippen LogP contribution >= 0.6 is 11.6 Å². The Morgan fingerprint density at radius 1 is 0.688 bits per heavy atom. The molecule has 0 aliphatic carbocycles. The number of hydrogen-bond acceptors (Lipinski definition) is 0. The number of aryl methyl sites for hydroxylation is 3. The van der Waals surface area contributed by atoms with Gasteiger partial charge in [-0.25, -0.2) is 0 Å². The van der Waals surface area contributed by atoms with Crippen molar-refractivity contribution < 1.29 is 0 Å². The van der Waals surface area contributed by atoms with Gasteiger partial charge in [-0.3, -0.25) is 0 Å². The summed E-state index contributed by atoms with van der Waals surface area (Å²) in [6, 6.07) is 16.3. The van der Waals surface area contributed by atoms with Gasteiger partial charge in [0.15, 0.2) is 0 Å². The minimum Gasteiger partial charge on any atom is -0.0841 e. The van der Waals surface area contributed by atoms with Gasteiger partial charge in [0.25, 0.3) is 0 Å². The third-order valence-corrected chi connectivity index (χ3v) is 2.72. The maximum Gasteiger partial charge on any atom is 0.0435 e. The molecule has 16 heavy (non-hydrogen) atoms. The molecule has 0 unspecified atom stereocenters. The van der Waals surface area contributed by atoms with Crippen molar-refractivity contribution in [3.63, 3.8) is 0 Å². The first kappa shape index (κ1) is 12.8. The Morgan fingerprint density at radius 3 is 1.44 bits per heavy atom. The van der Waals surface area contributed by atoms with Gasteiger partial charge >= 0.3 is 0 Å². The average molecular weight is 233 g/mol. The highest BCUT2D eigenvalue weighted by molar-refractivity contribution is 6.31. The Morgan fingerprint density at radius 2 is 1.12 bits per heavy atom. The van der Waals surface area contributed by atoms with E-state index in [9.17, 15) is 0 Å². The van der Waals surface area contributed by atoms with Crippen molar-refractivity contribution in [2.75, 3.05) is 0 Å². The minimum absolute atomic E-state index is 0.840. The average Bonchev–Trinajstić information content (AvgIpc) is 2.28. The molecule has 0 fully saturated rings. The molecule has 0 saturated carbocycles. The summed E-state index contributed by atoms with van der Waals surface area (Å²) in [4.78, 5) is 0. The summed E-state index contributed by atoms with van der Waals surface area (Å²) in [6.45, 7) is 6.18. The van der Waals surface area contributed by atoms with Gasteiger partial charge < -0.3 is 0 Å². The van der Waals surface area contributed by atoms with Gasteiger partial charge in [0.05, 0.1) is 0 Å². The van der Waals surface area contributed by atoms with E-state index in [4.69, 9.17) is 11.6 Å². The molecule has 0 nitrogen and oxygen atoms in total. The molecular weight excluding hydrogens is 216 g/mol. The van der Waals surface area contributed by atoms with Crippen molar-refractivity contribution in [1.82, 2.24) is 0 Å². The Bertz CT molecular complexity index is 387. The van der Waals surface area contributed by atoms with E-state index in [0.717, 1.165) is 10.6 Å². The van der Waals surface area contributed by atoms with Crippen LogP contribution in [0.15, 0.2) is 48.5 Å². The largest absolute Gasteiger partial charge is 0.0841 e. The smallest absolute Gasteiger partial charge is 0.0435 e. The summed E-state index contributed by atoms with van der Waals surface area (Å²) < 4.78 is 0. The summed E-state index contributed by atoms with van der Waals surface area (Å²) in [5.74, 6) is 0. The van der Waals surface area contributed by atoms with E-state index in [-0.39, 0.29) is 0 Å². The van der Waals surface area contributed by atoms with Crippen LogP contribution in [0.4, 0.5) is 0 Å². The van der Waals surface area contributed by atoms with Crippen LogP contribution in [0.25, 0.3) is 0 Å². The highest BCUT2D eigenvalue weighted by Gasteiger charge is 1.86. The maximum atomic E-state index is 5.71. The van der Waals surface area contributed by atoms with E-state index in [1.165, 1.54) is 11.1 Å². The van der Waals surface area contributed by atoms with Crippen molar-refractivity contribution in [3.05, 3.63) is 70.2 Å². The van der Waals surface area contributed by atoms with E-state index in [2.05, 4.69) is 38.1 Å². The third-order valence-electron chi connectivity index (χ3n) is 2.29. The zero-order chi connectivity index (χ0) is 12.0. The monoisotopic (exact) mass is 232 g/mol. The molecule has 1 heteroatoms. The molecule has 0 radical (unpaired) electrons. The van der Waals surface area contributed by atoms with Gasteiger partial charge in [-0.2, -0.15) is 0 Å². The first-order valence-electron chi connectivity index (χ1n) is 5.34. The van der Waals surface area contributed by atoms with Crippen molar-refractivity contribution in [1.29, 1.82) is 0 Å². The van der Waals surface area contributed by atoms with Gasteiger partial charge in [0.1, 0.15) is 0 Å². The summed E-state index contributed by atoms with van der Waals surface area (Å²) >= 11 is 5.71. The van der Waals surface area contributed by atoms with Crippen LogP contribution in [0.2, 0.25) is 5.02 Å². The maximum absolute atomic E-state index is 5.71. The summed E-state index contributed by atoms with van der Waals surface area (Å²) in [6.07, 6.45) is 0. The second-order valence-electron chi connectivity index (χ2n) is 3.90. The summed E-state index contributed by atoms with van der Waals surface area (Å²) in [5.41, 5.74) is 3.79. The third kappa shape index (κ3) is 4.50. The van der Waals surface area contributed by atoms with Crippen LogP contribution in [0.3, 0.4) is 0 Å². The zero-order valence-electron chi connectivity index (χ0n) is 10.00. The molecular formula is C15H17Cl. The van der Waals surface area contributed by atoms with Crippen molar-refractivity contribution in [3.8, 4) is 0 Å². The van der Waals surface area contributed by atoms with Gasteiger partial charge in [0, 0.05) is 5.02 Å². The van der Waals surface area contributed by atoms with Crippen LogP contribution < -0.4 is 0 Å². The lowest BCUT2D eigenvalue weighted by molar-refractivity contribution is 1.40. The summed E-state index contributed by atoms with van der Waals surface area (Å²) in [5, 5.41) is 0.840. The Balaban J connectivity index is 0.000000160. The zero-order valence-corrected chi connectivity index (χ0v) is 10.8. The van der Waals surface area contributed by atoms with E-state index in [0.29, 0.717) is 0 Å². The quantitative estimate of drug-likeness (QED) is 0.603. The SMILES string of the molecule is Cc1ccc(C)cc1.Cc1ccccc1Cl. The molecule has 2 rings (SSSR count). The van der Waals surface area contributed by atoms with Crippen LogP contribution in [0, 0.1) is 20.8 Å². The molecule has 0 heterocycles. The van der Waals surface area contributed by atoms with Crippen molar-refractivity contribution >= 4 is 11.6 Å². The molecule has 0 aliphatic rings. The number of hydrogen-bond donors (Lipinski definition) is 0. The molecule has 2 aromatic carbocycles. The molecule has 0 spiro atoms. The fourth-order valence-electron chi connectivity index (χ4n) is 1.19. The second kappa shape index (κ2) is 6.34. The van der Waals surface area contributed by atoms with Crippen LogP contribution in [-0.2, 0) is 0 Å². The van der Waals surface area contributed by atoms with Crippen LogP contribution in [-0.4, -0.2) is 0 Å². The Kier molecular flexibility index (Phi) is 5.07. The number of benzene rings is 2. The van der Waals surface area contributed by atoms with Crippen molar-refractivity contribution in [2.45, 2.75) is 20.8 Å². The molecule has 0 saturated heterocycles. The molecule has 2 aromatic rings. The molecule has 0 bridgehead atoms. The van der Waals surface area contributed by atoms with Crippen LogP contribution in [0.1, 0.15) is 16.7 Å². The van der Waals surface area contributed by atoms with E-state index < -0.39 is 0 Å². The predicted octanol–water partition coefficient (Wildman–Crippen LogP) is 4.95. The fraction of sp³-hybridized carbons (Fsp3) is 0.200. The topological polar surface area (TPSA) is 0 Å². The molecule has 84 valence electrons. The highest BCUT2D eigenvalue weighted by Crippen LogP contribution is 2.11. The van der Waals surface area contributed by atoms with Crippen LogP contribution in [0.5, 0.6) is 0 Å². The van der Waals surface area contributed by atoms with Crippen molar-refractivity contribution in [2.24, 2.45) is 0 Å². The molecule has 0 atom stereocenters. The molecule has 0 aromatic heterocycles. The van der Waals surface area contributed by atoms with Gasteiger partial charge in [-0.15, -0.1) is 0 Å². The normalized spacial score (nSPS) is 9.25. The minimum atomic E-state index is 0.840. The molecule has 0 aliphatic heterocycles. The predicted molar refractivity (Wildman–Crippen MR) is 72.1 cm³/mol. The first-order chi connectivity index (χ1) is 7.59. The first-order valence-corrected chi connectivity index (χ1v) is 5.72. The number of rotatable bonds is 0. The lowest BCUT2D eigenvalue weighted by Crippen LogP contribution is -1.70. The standard InChI is InChI=1S/C8H10.C7H7Cl/c1-7-3-5-8(2)6-4-7;1-6-4-2-3-5-7(6)8/h3-6H,1-2H3;2-5H,1H3. The van der Waals surface area contributed by atoms with E-state index in [1.54, 1.807) is 0 Å². The fourth-order valence-corrected chi connectivity index (χ4v) is 1.32. The lowest BCUT2D eigenvalue weighted by Gasteiger charge is -1.90. The summed E-state index contributed by atoms with van der Waals surface area (Å²) in [7, 11) is 0. The highest BCUT2D eigenvalue weighted by atomic mass is 35.5. The Hall–Kier alpha value is -1.27. The van der Waals surface area contributed by atoms with Gasteiger partial charge in [-0.05, 0) is 32.4 Å². The molecule has 0 amide bonds. The lowest BCUT2D eigenvalue weighted by atomic mass is 10.2. The van der Waals surface area contributed by atoms with Gasteiger partial charge in [0.2, 0.25) is 0 Å². The van der Waals surface area contributed by atoms with E-state index in [1.807, 2.05) is 31.2 Å². The van der Waals surface area contributed by atoms with E-state index >= 15 is 0 Å².